The predicted molar refractivity (Wildman–Crippen MR) is 160 cm³/mol. The van der Waals surface area contributed by atoms with Crippen LogP contribution >= 0.6 is 0 Å². The van der Waals surface area contributed by atoms with E-state index in [1.807, 2.05) is 27.7 Å². The van der Waals surface area contributed by atoms with Gasteiger partial charge in [-0.3, -0.25) is 19.8 Å². The van der Waals surface area contributed by atoms with Crippen LogP contribution in [0.3, 0.4) is 0 Å². The molecule has 4 N–H and O–H groups in total. The summed E-state index contributed by atoms with van der Waals surface area (Å²) in [7, 11) is 1.65. The summed E-state index contributed by atoms with van der Waals surface area (Å²) in [6, 6.07) is 10.4. The van der Waals surface area contributed by atoms with Crippen LogP contribution in [-0.4, -0.2) is 76.7 Å². The molecule has 0 aliphatic heterocycles. The van der Waals surface area contributed by atoms with Gasteiger partial charge in [0.25, 0.3) is 11.8 Å². The maximum atomic E-state index is 13.5. The molecule has 0 heterocycles. The van der Waals surface area contributed by atoms with Crippen LogP contribution in [0.15, 0.2) is 42.5 Å². The van der Waals surface area contributed by atoms with E-state index in [4.69, 9.17) is 6.42 Å². The third-order valence-corrected chi connectivity index (χ3v) is 6.43. The minimum atomic E-state index is -1.07. The number of aliphatic hydroxyl groups excluding tert-OH is 1. The molecule has 0 aromatic heterocycles. The lowest BCUT2D eigenvalue weighted by atomic mass is 9.99. The molecule has 0 radical (unpaired) electrons. The van der Waals surface area contributed by atoms with Crippen molar-refractivity contribution in [3.8, 4) is 18.1 Å². The van der Waals surface area contributed by atoms with Gasteiger partial charge in [-0.1, -0.05) is 45.7 Å². The Balaban J connectivity index is 2.32. The zero-order valence-corrected chi connectivity index (χ0v) is 24.8. The van der Waals surface area contributed by atoms with Crippen LogP contribution in [-0.2, 0) is 11.2 Å². The summed E-state index contributed by atoms with van der Waals surface area (Å²) in [4.78, 5) is 40.7. The number of rotatable bonds is 15. The summed E-state index contributed by atoms with van der Waals surface area (Å²) in [6.45, 7) is 9.11. The Hall–Kier alpha value is -3.87. The second-order valence-electron chi connectivity index (χ2n) is 10.8. The second-order valence-corrected chi connectivity index (χ2v) is 10.8. The number of amides is 3. The van der Waals surface area contributed by atoms with Crippen molar-refractivity contribution in [2.24, 2.45) is 5.92 Å². The quantitative estimate of drug-likeness (QED) is 0.194. The van der Waals surface area contributed by atoms with Crippen molar-refractivity contribution in [2.45, 2.75) is 65.5 Å². The van der Waals surface area contributed by atoms with E-state index in [0.717, 1.165) is 18.4 Å². The molecular formula is C32H44N4O5. The van der Waals surface area contributed by atoms with Crippen LogP contribution in [0.2, 0.25) is 0 Å². The van der Waals surface area contributed by atoms with E-state index in [1.54, 1.807) is 36.2 Å². The first-order valence-electron chi connectivity index (χ1n) is 14.2. The number of phenolic OH excluding ortho intramolecular Hbond substituents is 1. The summed E-state index contributed by atoms with van der Waals surface area (Å²) in [5.74, 6) is 1.95. The number of nitrogens with one attached hydrogen (secondary N) is 2. The lowest BCUT2D eigenvalue weighted by Gasteiger charge is -2.28. The maximum absolute atomic E-state index is 13.5. The number of aromatic hydroxyl groups is 1. The lowest BCUT2D eigenvalue weighted by Crippen LogP contribution is -2.52. The molecular weight excluding hydrogens is 520 g/mol. The first-order chi connectivity index (χ1) is 19.5. The van der Waals surface area contributed by atoms with E-state index in [0.29, 0.717) is 30.6 Å². The van der Waals surface area contributed by atoms with Crippen LogP contribution in [0.4, 0.5) is 0 Å². The average Bonchev–Trinajstić information content (AvgIpc) is 2.92. The van der Waals surface area contributed by atoms with Crippen LogP contribution < -0.4 is 10.7 Å². The van der Waals surface area contributed by atoms with Crippen molar-refractivity contribution < 1.29 is 24.6 Å². The zero-order valence-electron chi connectivity index (χ0n) is 24.8. The molecule has 2 atom stereocenters. The minimum Gasteiger partial charge on any atom is -0.508 e. The molecule has 0 saturated carbocycles. The van der Waals surface area contributed by atoms with Crippen molar-refractivity contribution in [1.82, 2.24) is 20.7 Å². The number of aliphatic hydroxyl groups is 1. The number of likely N-dealkylation sites (N-methyl/N-ethyl adjacent to an activating group) is 1. The van der Waals surface area contributed by atoms with Crippen molar-refractivity contribution in [3.05, 3.63) is 64.7 Å². The number of phenols is 1. The van der Waals surface area contributed by atoms with Crippen LogP contribution in [0.25, 0.3) is 0 Å². The third-order valence-electron chi connectivity index (χ3n) is 6.43. The van der Waals surface area contributed by atoms with Gasteiger partial charge in [-0.25, -0.2) is 5.01 Å². The van der Waals surface area contributed by atoms with E-state index in [1.165, 1.54) is 23.2 Å². The van der Waals surface area contributed by atoms with Gasteiger partial charge in [0, 0.05) is 49.8 Å². The molecule has 3 amide bonds. The molecule has 0 aliphatic carbocycles. The Morgan fingerprint density at radius 3 is 2.17 bits per heavy atom. The highest BCUT2D eigenvalue weighted by Crippen LogP contribution is 2.16. The summed E-state index contributed by atoms with van der Waals surface area (Å²) in [6.07, 6.45) is 6.79. The van der Waals surface area contributed by atoms with Crippen molar-refractivity contribution in [1.29, 1.82) is 0 Å². The fraction of sp³-hybridized carbons (Fsp3) is 0.469. The van der Waals surface area contributed by atoms with Crippen molar-refractivity contribution >= 4 is 17.7 Å². The number of hydrazine groups is 1. The highest BCUT2D eigenvalue weighted by molar-refractivity contribution is 6.00. The number of terminal acetylenes is 1. The topological polar surface area (TPSA) is 122 Å². The Labute approximate surface area is 243 Å². The molecule has 9 nitrogen and oxygen atoms in total. The summed E-state index contributed by atoms with van der Waals surface area (Å²) >= 11 is 0. The van der Waals surface area contributed by atoms with E-state index >= 15 is 0 Å². The monoisotopic (exact) mass is 564 g/mol. The average molecular weight is 565 g/mol. The smallest absolute Gasteiger partial charge is 0.253 e. The molecule has 0 aliphatic rings. The number of hydrogen-bond acceptors (Lipinski definition) is 6. The Bertz CT molecular complexity index is 1200. The lowest BCUT2D eigenvalue weighted by molar-refractivity contribution is -0.126. The molecule has 9 heteroatoms. The maximum Gasteiger partial charge on any atom is 0.253 e. The Kier molecular flexibility index (Phi) is 13.3. The van der Waals surface area contributed by atoms with E-state index < -0.39 is 18.1 Å². The first kappa shape index (κ1) is 33.3. The van der Waals surface area contributed by atoms with E-state index in [9.17, 15) is 24.6 Å². The summed E-state index contributed by atoms with van der Waals surface area (Å²) in [5.41, 5.74) is 4.46. The molecule has 222 valence electrons. The summed E-state index contributed by atoms with van der Waals surface area (Å²) < 4.78 is 0. The third kappa shape index (κ3) is 10.9. The molecule has 0 fully saturated rings. The van der Waals surface area contributed by atoms with Crippen LogP contribution in [0.1, 0.15) is 78.8 Å². The standard InChI is InChI=1S/C32H44N4O5/c1-7-14-36(15-8-2)32(41)26-18-23(9-3)17-25(20-26)31(40)33-28(19-24-10-12-27(37)13-11-24)29(38)21-35(6)34-30(39)16-22(4)5/h3,10-13,17-18,20,22,28-29,37-38H,7-8,14-16,19,21H2,1-2,4-6H3,(H,33,40)(H,34,39). The van der Waals surface area contributed by atoms with E-state index in [-0.39, 0.29) is 42.0 Å². The minimum absolute atomic E-state index is 0.0456. The molecule has 2 unspecified atom stereocenters. The molecule has 2 aromatic carbocycles. The normalized spacial score (nSPS) is 12.5. The van der Waals surface area contributed by atoms with Gasteiger partial charge < -0.3 is 20.4 Å². The highest BCUT2D eigenvalue weighted by atomic mass is 16.3. The van der Waals surface area contributed by atoms with Gasteiger partial charge in [0.1, 0.15) is 5.75 Å². The number of hydrogen-bond donors (Lipinski definition) is 4. The molecule has 2 aromatic rings. The summed E-state index contributed by atoms with van der Waals surface area (Å²) in [5, 5.41) is 25.2. The number of benzene rings is 2. The van der Waals surface area contributed by atoms with Gasteiger partial charge in [0.15, 0.2) is 0 Å². The number of carbonyl (C=O) groups is 3. The van der Waals surface area contributed by atoms with Gasteiger partial charge in [-0.15, -0.1) is 6.42 Å². The molecule has 2 rings (SSSR count). The number of nitrogens with zero attached hydrogens (tertiary/aromatic N) is 2. The van der Waals surface area contributed by atoms with Crippen molar-refractivity contribution in [3.63, 3.8) is 0 Å². The van der Waals surface area contributed by atoms with Gasteiger partial charge in [0.2, 0.25) is 5.91 Å². The van der Waals surface area contributed by atoms with Crippen LogP contribution in [0.5, 0.6) is 5.75 Å². The SMILES string of the molecule is C#Cc1cc(C(=O)NC(Cc2ccc(O)cc2)C(O)CN(C)NC(=O)CC(C)C)cc(C(=O)N(CCC)CCC)c1. The number of carbonyl (C=O) groups excluding carboxylic acids is 3. The Morgan fingerprint density at radius 2 is 1.61 bits per heavy atom. The fourth-order valence-electron chi connectivity index (χ4n) is 4.51. The highest BCUT2D eigenvalue weighted by Gasteiger charge is 2.25. The van der Waals surface area contributed by atoms with Crippen molar-refractivity contribution in [2.75, 3.05) is 26.7 Å². The van der Waals surface area contributed by atoms with Gasteiger partial charge in [-0.05, 0) is 61.1 Å². The second kappa shape index (κ2) is 16.4. The van der Waals surface area contributed by atoms with Gasteiger partial charge >= 0.3 is 0 Å². The van der Waals surface area contributed by atoms with Gasteiger partial charge in [-0.2, -0.15) is 0 Å². The predicted octanol–water partition coefficient (Wildman–Crippen LogP) is 3.35. The van der Waals surface area contributed by atoms with Gasteiger partial charge in [0.05, 0.1) is 12.1 Å². The Morgan fingerprint density at radius 1 is 1.00 bits per heavy atom. The molecule has 0 saturated heterocycles. The zero-order chi connectivity index (χ0) is 30.5. The van der Waals surface area contributed by atoms with E-state index in [2.05, 4.69) is 16.7 Å². The molecule has 41 heavy (non-hydrogen) atoms. The molecule has 0 bridgehead atoms. The molecule has 0 spiro atoms. The first-order valence-corrected chi connectivity index (χ1v) is 14.2. The fourth-order valence-corrected chi connectivity index (χ4v) is 4.51. The van der Waals surface area contributed by atoms with Crippen LogP contribution in [0, 0.1) is 18.3 Å². The largest absolute Gasteiger partial charge is 0.508 e.